The van der Waals surface area contributed by atoms with Crippen molar-refractivity contribution in [3.8, 4) is 5.75 Å². The Labute approximate surface area is 246 Å². The molecule has 1 amide bonds. The number of ketones is 3. The smallest absolute Gasteiger partial charge is 0.306 e. The summed E-state index contributed by atoms with van der Waals surface area (Å²) in [5, 5.41) is 23.8. The van der Waals surface area contributed by atoms with E-state index in [0.717, 1.165) is 24.0 Å². The summed E-state index contributed by atoms with van der Waals surface area (Å²) in [6, 6.07) is 6.68. The number of hydrogen-bond acceptors (Lipinski definition) is 8. The van der Waals surface area contributed by atoms with Crippen molar-refractivity contribution in [2.45, 2.75) is 83.7 Å². The topological polar surface area (TPSA) is 147 Å². The predicted octanol–water partition coefficient (Wildman–Crippen LogP) is 3.39. The summed E-state index contributed by atoms with van der Waals surface area (Å²) in [4.78, 5) is 63.7. The number of benzene rings is 1. The zero-order valence-electron chi connectivity index (χ0n) is 24.4. The van der Waals surface area contributed by atoms with Crippen molar-refractivity contribution in [2.24, 2.45) is 28.6 Å². The summed E-state index contributed by atoms with van der Waals surface area (Å²) in [5.41, 5.74) is -1.06. The van der Waals surface area contributed by atoms with Crippen molar-refractivity contribution in [3.05, 3.63) is 41.5 Å². The Balaban J connectivity index is 1.14. The molecule has 5 rings (SSSR count). The van der Waals surface area contributed by atoms with Crippen LogP contribution >= 0.6 is 0 Å². The second kappa shape index (κ2) is 11.4. The fourth-order valence-electron chi connectivity index (χ4n) is 8.50. The highest BCUT2D eigenvalue weighted by Gasteiger charge is 2.68. The van der Waals surface area contributed by atoms with E-state index in [2.05, 4.69) is 12.2 Å². The van der Waals surface area contributed by atoms with Crippen LogP contribution in [0.1, 0.15) is 77.2 Å². The molecular formula is C33H41NO8. The number of allylic oxidation sites excluding steroid dienone is 1. The third kappa shape index (κ3) is 5.32. The van der Waals surface area contributed by atoms with Gasteiger partial charge in [-0.25, -0.2) is 0 Å². The predicted molar refractivity (Wildman–Crippen MR) is 152 cm³/mol. The van der Waals surface area contributed by atoms with Gasteiger partial charge in [0.15, 0.2) is 12.4 Å². The minimum absolute atomic E-state index is 0.0221. The maximum Gasteiger partial charge on any atom is 0.306 e. The largest absolute Gasteiger partial charge is 0.508 e. The summed E-state index contributed by atoms with van der Waals surface area (Å²) >= 11 is 0. The van der Waals surface area contributed by atoms with Crippen molar-refractivity contribution < 1.29 is 38.9 Å². The van der Waals surface area contributed by atoms with Crippen LogP contribution in [0.3, 0.4) is 0 Å². The number of aromatic hydroxyl groups is 1. The van der Waals surface area contributed by atoms with Gasteiger partial charge in [-0.15, -0.1) is 0 Å². The van der Waals surface area contributed by atoms with Crippen molar-refractivity contribution in [3.63, 3.8) is 0 Å². The third-order valence-electron chi connectivity index (χ3n) is 10.9. The molecule has 0 radical (unpaired) electrons. The Kier molecular flexibility index (Phi) is 8.18. The van der Waals surface area contributed by atoms with Gasteiger partial charge in [0.05, 0.1) is 6.42 Å². The van der Waals surface area contributed by atoms with E-state index in [4.69, 9.17) is 4.74 Å². The second-order valence-electron chi connectivity index (χ2n) is 13.1. The van der Waals surface area contributed by atoms with Crippen LogP contribution in [0.2, 0.25) is 0 Å². The van der Waals surface area contributed by atoms with Crippen LogP contribution in [0.5, 0.6) is 5.75 Å². The first kappa shape index (κ1) is 30.1. The lowest BCUT2D eigenvalue weighted by atomic mass is 9.46. The lowest BCUT2D eigenvalue weighted by Gasteiger charge is -2.57. The monoisotopic (exact) mass is 579 g/mol. The Morgan fingerprint density at radius 3 is 2.50 bits per heavy atom. The van der Waals surface area contributed by atoms with Gasteiger partial charge in [-0.1, -0.05) is 31.6 Å². The molecule has 0 aliphatic heterocycles. The Morgan fingerprint density at radius 2 is 1.76 bits per heavy atom. The maximum atomic E-state index is 13.7. The molecular weight excluding hydrogens is 538 g/mol. The molecule has 0 spiro atoms. The minimum Gasteiger partial charge on any atom is -0.508 e. The van der Waals surface area contributed by atoms with E-state index >= 15 is 0 Å². The van der Waals surface area contributed by atoms with Crippen molar-refractivity contribution in [2.75, 3.05) is 13.2 Å². The summed E-state index contributed by atoms with van der Waals surface area (Å²) < 4.78 is 5.20. The third-order valence-corrected chi connectivity index (χ3v) is 10.9. The number of esters is 1. The van der Waals surface area contributed by atoms with Gasteiger partial charge >= 0.3 is 5.97 Å². The molecule has 42 heavy (non-hydrogen) atoms. The molecule has 6 atom stereocenters. The van der Waals surface area contributed by atoms with Crippen LogP contribution in [-0.2, 0) is 35.1 Å². The second-order valence-corrected chi connectivity index (χ2v) is 13.1. The van der Waals surface area contributed by atoms with Gasteiger partial charge < -0.3 is 20.3 Å². The van der Waals surface area contributed by atoms with Crippen molar-refractivity contribution in [1.29, 1.82) is 0 Å². The minimum atomic E-state index is -1.77. The number of Topliss-reactive ketones (excluding diaryl/α,β-unsaturated/α-hetero) is 2. The quantitative estimate of drug-likeness (QED) is 0.377. The van der Waals surface area contributed by atoms with Gasteiger partial charge in [0.25, 0.3) is 0 Å². The van der Waals surface area contributed by atoms with Gasteiger partial charge in [0.1, 0.15) is 17.1 Å². The van der Waals surface area contributed by atoms with Gasteiger partial charge in [0, 0.05) is 37.1 Å². The molecule has 1 aromatic carbocycles. The molecule has 4 aliphatic carbocycles. The highest BCUT2D eigenvalue weighted by atomic mass is 16.5. The number of carbonyl (C=O) groups excluding carboxylic acids is 5. The number of nitrogens with one attached hydrogen (secondary N) is 1. The van der Waals surface area contributed by atoms with Crippen LogP contribution in [0.15, 0.2) is 35.9 Å². The van der Waals surface area contributed by atoms with Crippen molar-refractivity contribution in [1.82, 2.24) is 5.32 Å². The maximum absolute atomic E-state index is 13.7. The number of phenols is 1. The fraction of sp³-hybridized carbons (Fsp3) is 0.606. The summed E-state index contributed by atoms with van der Waals surface area (Å²) in [5.74, 6) is -1.50. The Hall–Kier alpha value is -3.33. The van der Waals surface area contributed by atoms with Gasteiger partial charge in [-0.2, -0.15) is 0 Å². The number of fused-ring (bicyclic) bond motifs is 5. The van der Waals surface area contributed by atoms with E-state index < -0.39 is 29.4 Å². The van der Waals surface area contributed by atoms with Crippen LogP contribution < -0.4 is 5.32 Å². The van der Waals surface area contributed by atoms with E-state index in [-0.39, 0.29) is 72.1 Å². The van der Waals surface area contributed by atoms with E-state index in [1.54, 1.807) is 30.3 Å². The number of ether oxygens (including phenoxy) is 1. The number of carbonyl (C=O) groups is 5. The molecule has 3 unspecified atom stereocenters. The summed E-state index contributed by atoms with van der Waals surface area (Å²) in [6.07, 6.45) is 5.52. The lowest BCUT2D eigenvalue weighted by Crippen LogP contribution is -2.61. The summed E-state index contributed by atoms with van der Waals surface area (Å²) in [7, 11) is 0. The first-order valence-corrected chi connectivity index (χ1v) is 15.1. The first-order valence-electron chi connectivity index (χ1n) is 15.1. The van der Waals surface area contributed by atoms with Crippen LogP contribution in [0, 0.1) is 28.6 Å². The standard InChI is InChI=1S/C33H41NO8/c1-31-14-11-23(36)17-21(31)5-8-24-25-12-15-33(41,32(25,2)18-26(37)30(24)31)27(38)19-42-29(40)10-9-28(39)34-16-13-20-3-6-22(35)7-4-20/h3-4,6-7,17,24-25,30,35,41H,5,8-16,18-19H2,1-2H3,(H,34,39)/t24?,25?,30?,31-,32-,33-/m0/s1. The van der Waals surface area contributed by atoms with Crippen LogP contribution in [0.4, 0.5) is 0 Å². The van der Waals surface area contributed by atoms with E-state index in [0.29, 0.717) is 32.2 Å². The van der Waals surface area contributed by atoms with Gasteiger partial charge in [-0.05, 0) is 79.5 Å². The highest BCUT2D eigenvalue weighted by Crippen LogP contribution is 2.66. The van der Waals surface area contributed by atoms with E-state index in [1.165, 1.54) is 0 Å². The number of amides is 1. The van der Waals surface area contributed by atoms with Gasteiger partial charge in [-0.3, -0.25) is 24.0 Å². The van der Waals surface area contributed by atoms with E-state index in [9.17, 15) is 34.2 Å². The normalized spacial score (nSPS) is 33.6. The average molecular weight is 580 g/mol. The van der Waals surface area contributed by atoms with Crippen LogP contribution in [-0.4, -0.2) is 58.2 Å². The highest BCUT2D eigenvalue weighted by molar-refractivity contribution is 5.95. The molecule has 3 N–H and O–H groups in total. The number of phenolic OH excluding ortho intramolecular Hbond substituents is 1. The first-order chi connectivity index (χ1) is 19.9. The number of hydrogen-bond donors (Lipinski definition) is 3. The molecule has 0 saturated heterocycles. The molecule has 0 aromatic heterocycles. The number of aliphatic hydroxyl groups is 1. The molecule has 3 saturated carbocycles. The number of rotatable bonds is 9. The Morgan fingerprint density at radius 1 is 1.02 bits per heavy atom. The molecule has 0 heterocycles. The zero-order valence-corrected chi connectivity index (χ0v) is 24.4. The lowest BCUT2D eigenvalue weighted by molar-refractivity contribution is -0.173. The van der Waals surface area contributed by atoms with Crippen molar-refractivity contribution >= 4 is 29.2 Å². The average Bonchev–Trinajstić information content (AvgIpc) is 3.22. The van der Waals surface area contributed by atoms with Gasteiger partial charge in [0.2, 0.25) is 11.7 Å². The molecule has 9 nitrogen and oxygen atoms in total. The molecule has 3 fully saturated rings. The Bertz CT molecular complexity index is 1320. The molecule has 9 heteroatoms. The summed E-state index contributed by atoms with van der Waals surface area (Å²) in [6.45, 7) is 3.71. The molecule has 4 aliphatic rings. The SMILES string of the molecule is C[C@]12CCC(=O)C=C1CCC1C2C(=O)C[C@@]2(C)C1CC[C@]2(O)C(=O)COC(=O)CCC(=O)NCCc1ccc(O)cc1. The fourth-order valence-corrected chi connectivity index (χ4v) is 8.50. The molecule has 1 aromatic rings. The zero-order chi connectivity index (χ0) is 30.3. The molecule has 226 valence electrons. The van der Waals surface area contributed by atoms with E-state index in [1.807, 2.05) is 6.92 Å². The molecule has 0 bridgehead atoms. The van der Waals surface area contributed by atoms with Crippen LogP contribution in [0.25, 0.3) is 0 Å².